The van der Waals surface area contributed by atoms with Gasteiger partial charge in [0.1, 0.15) is 0 Å². The Morgan fingerprint density at radius 3 is 1.62 bits per heavy atom. The van der Waals surface area contributed by atoms with Crippen molar-refractivity contribution >= 4 is 0 Å². The average Bonchev–Trinajstić information content (AvgIpc) is 2.32. The first-order valence-electron chi connectivity index (χ1n) is 4.35. The minimum Gasteiger partial charge on any atom is -0.368 e. The van der Waals surface area contributed by atoms with E-state index in [1.165, 1.54) is 0 Å². The molecular weight excluding hydrogens is 196 g/mol. The Morgan fingerprint density at radius 1 is 0.750 bits per heavy atom. The molecule has 16 heavy (non-hydrogen) atoms. The first-order valence-corrected chi connectivity index (χ1v) is 4.35. The summed E-state index contributed by atoms with van der Waals surface area (Å²) in [6.07, 6.45) is 0. The predicted octanol–water partition coefficient (Wildman–Crippen LogP) is 1.45. The summed E-state index contributed by atoms with van der Waals surface area (Å²) < 4.78 is 0. The second-order valence-corrected chi connectivity index (χ2v) is 2.18. The summed E-state index contributed by atoms with van der Waals surface area (Å²) >= 11 is 0. The van der Waals surface area contributed by atoms with E-state index in [-0.39, 0.29) is 0 Å². The molecule has 0 rings (SSSR count). The quantitative estimate of drug-likeness (QED) is 0.668. The zero-order chi connectivity index (χ0) is 12.1. The predicted molar refractivity (Wildman–Crippen MR) is 62.4 cm³/mol. The van der Waals surface area contributed by atoms with Crippen LogP contribution < -0.4 is 10.6 Å². The van der Waals surface area contributed by atoms with E-state index < -0.39 is 0 Å². The molecule has 0 atom stereocenters. The van der Waals surface area contributed by atoms with Crippen LogP contribution in [-0.2, 0) is 0 Å². The highest BCUT2D eigenvalue weighted by Crippen LogP contribution is 1.70. The van der Waals surface area contributed by atoms with Gasteiger partial charge in [-0.15, -0.1) is 0 Å². The Labute approximate surface area is 95.0 Å². The Hall–Kier alpha value is -2.86. The van der Waals surface area contributed by atoms with Crippen molar-refractivity contribution in [1.29, 1.82) is 0 Å². The lowest BCUT2D eigenvalue weighted by Crippen LogP contribution is -2.17. The van der Waals surface area contributed by atoms with Crippen LogP contribution in [0.5, 0.6) is 0 Å². The monoisotopic (exact) mass is 206 g/mol. The largest absolute Gasteiger partial charge is 0.368 e. The number of hydrogen-bond donors (Lipinski definition) is 2. The van der Waals surface area contributed by atoms with Crippen LogP contribution in [0.4, 0.5) is 0 Å². The van der Waals surface area contributed by atoms with E-state index in [4.69, 9.17) is 0 Å². The lowest BCUT2D eigenvalue weighted by Gasteiger charge is -1.97. The zero-order valence-electron chi connectivity index (χ0n) is 9.21. The number of rotatable bonds is 2. The maximum atomic E-state index is 3.30. The fraction of sp³-hybridized carbons (Fsp3) is 0.143. The zero-order valence-corrected chi connectivity index (χ0v) is 9.21. The number of hydrogen-bond acceptors (Lipinski definition) is 2. The molecule has 0 radical (unpaired) electrons. The summed E-state index contributed by atoms with van der Waals surface area (Å²) in [7, 11) is 3.54. The molecule has 0 unspecified atom stereocenters. The molecule has 0 amide bonds. The van der Waals surface area contributed by atoms with Gasteiger partial charge in [0.05, 0.1) is 0 Å². The SMILES string of the molecule is C=C=C=C=C=C=C=C=C=C=C=C(NC)NC. The van der Waals surface area contributed by atoms with Crippen molar-refractivity contribution in [3.05, 3.63) is 69.7 Å². The maximum absolute atomic E-state index is 3.30. The standard InChI is InChI=1S/C14H10N2/c1-4-5-6-7-8-9-10-11-12-13-14(15-2)16-3/h15-16H,1H2,2-3H3. The van der Waals surface area contributed by atoms with E-state index >= 15 is 0 Å². The Morgan fingerprint density at radius 2 is 1.19 bits per heavy atom. The highest BCUT2D eigenvalue weighted by Gasteiger charge is 1.78. The number of nitrogens with one attached hydrogen (secondary N) is 2. The lowest BCUT2D eigenvalue weighted by molar-refractivity contribution is 0.841. The van der Waals surface area contributed by atoms with Crippen LogP contribution in [-0.4, -0.2) is 14.1 Å². The third-order valence-electron chi connectivity index (χ3n) is 1.21. The van der Waals surface area contributed by atoms with E-state index in [2.05, 4.69) is 74.5 Å². The van der Waals surface area contributed by atoms with E-state index in [0.717, 1.165) is 0 Å². The molecule has 0 saturated carbocycles. The molecule has 0 saturated heterocycles. The summed E-state index contributed by atoms with van der Waals surface area (Å²) in [6.45, 7) is 3.30. The highest BCUT2D eigenvalue weighted by atomic mass is 15.0. The van der Waals surface area contributed by atoms with Crippen molar-refractivity contribution in [1.82, 2.24) is 10.6 Å². The van der Waals surface area contributed by atoms with Crippen LogP contribution >= 0.6 is 0 Å². The first-order chi connectivity index (χ1) is 7.85. The normalized spacial score (nSPS) is 5.12. The molecule has 0 aliphatic rings. The van der Waals surface area contributed by atoms with Gasteiger partial charge in [-0.25, -0.2) is 0 Å². The Bertz CT molecular complexity index is 598. The van der Waals surface area contributed by atoms with E-state index in [0.29, 0.717) is 5.82 Å². The van der Waals surface area contributed by atoms with Crippen molar-refractivity contribution in [2.24, 2.45) is 0 Å². The van der Waals surface area contributed by atoms with Gasteiger partial charge in [-0.1, -0.05) is 5.73 Å². The smallest absolute Gasteiger partial charge is 0.152 e. The molecule has 0 aromatic rings. The van der Waals surface area contributed by atoms with Gasteiger partial charge in [0.15, 0.2) is 5.82 Å². The Balaban J connectivity index is 5.45. The van der Waals surface area contributed by atoms with Crippen molar-refractivity contribution in [2.45, 2.75) is 0 Å². The molecule has 0 bridgehead atoms. The molecule has 0 aliphatic carbocycles. The third kappa shape index (κ3) is 7.77. The molecule has 76 valence electrons. The molecule has 0 aromatic carbocycles. The fourth-order valence-corrected chi connectivity index (χ4v) is 0.575. The van der Waals surface area contributed by atoms with Crippen molar-refractivity contribution in [3.8, 4) is 0 Å². The van der Waals surface area contributed by atoms with Crippen LogP contribution in [0.3, 0.4) is 0 Å². The third-order valence-corrected chi connectivity index (χ3v) is 1.21. The molecular formula is C14H10N2. The highest BCUT2D eigenvalue weighted by molar-refractivity contribution is 4.96. The molecule has 0 aromatic heterocycles. The van der Waals surface area contributed by atoms with Gasteiger partial charge in [0.2, 0.25) is 0 Å². The van der Waals surface area contributed by atoms with E-state index in [9.17, 15) is 0 Å². The van der Waals surface area contributed by atoms with E-state index in [1.54, 1.807) is 14.1 Å². The molecule has 0 aliphatic heterocycles. The van der Waals surface area contributed by atoms with Gasteiger partial charge in [-0.2, -0.15) is 0 Å². The van der Waals surface area contributed by atoms with Crippen LogP contribution in [0.2, 0.25) is 0 Å². The van der Waals surface area contributed by atoms with E-state index in [1.807, 2.05) is 0 Å². The molecule has 0 heterocycles. The van der Waals surface area contributed by atoms with Crippen LogP contribution in [0.15, 0.2) is 69.7 Å². The second kappa shape index (κ2) is 10.2. The minimum absolute atomic E-state index is 0.702. The van der Waals surface area contributed by atoms with Crippen molar-refractivity contribution < 1.29 is 0 Å². The van der Waals surface area contributed by atoms with Gasteiger partial charge in [0.25, 0.3) is 0 Å². The van der Waals surface area contributed by atoms with Gasteiger partial charge >= 0.3 is 0 Å². The van der Waals surface area contributed by atoms with Gasteiger partial charge < -0.3 is 10.6 Å². The van der Waals surface area contributed by atoms with Gasteiger partial charge in [0, 0.05) is 14.1 Å². The first kappa shape index (κ1) is 13.1. The lowest BCUT2D eigenvalue weighted by atomic mass is 10.6. The minimum atomic E-state index is 0.702. The van der Waals surface area contributed by atoms with Crippen molar-refractivity contribution in [2.75, 3.05) is 14.1 Å². The Kier molecular flexibility index (Phi) is 8.40. The average molecular weight is 206 g/mol. The van der Waals surface area contributed by atoms with Gasteiger partial charge in [-0.05, 0) is 58.2 Å². The molecule has 2 heteroatoms. The molecule has 0 fully saturated rings. The van der Waals surface area contributed by atoms with Crippen LogP contribution in [0.25, 0.3) is 0 Å². The second-order valence-electron chi connectivity index (χ2n) is 2.18. The van der Waals surface area contributed by atoms with Crippen LogP contribution in [0, 0.1) is 0 Å². The summed E-state index contributed by atoms with van der Waals surface area (Å²) in [4.78, 5) is 0. The fourth-order valence-electron chi connectivity index (χ4n) is 0.575. The summed E-state index contributed by atoms with van der Waals surface area (Å²) in [5.41, 5.74) is 25.4. The topological polar surface area (TPSA) is 24.1 Å². The molecule has 2 N–H and O–H groups in total. The maximum Gasteiger partial charge on any atom is 0.152 e. The summed E-state index contributed by atoms with van der Waals surface area (Å²) in [6, 6.07) is 0. The summed E-state index contributed by atoms with van der Waals surface area (Å²) in [5.74, 6) is 0.702. The molecule has 2 nitrogen and oxygen atoms in total. The van der Waals surface area contributed by atoms with Crippen LogP contribution in [0.1, 0.15) is 0 Å². The molecule has 0 spiro atoms. The van der Waals surface area contributed by atoms with Gasteiger partial charge in [-0.3, -0.25) is 0 Å². The van der Waals surface area contributed by atoms with Crippen molar-refractivity contribution in [3.63, 3.8) is 0 Å². The summed E-state index contributed by atoms with van der Waals surface area (Å²) in [5, 5.41) is 5.72.